The van der Waals surface area contributed by atoms with E-state index in [1.54, 1.807) is 6.07 Å². The zero-order chi connectivity index (χ0) is 36.7. The largest absolute Gasteiger partial charge is 0.304 e. The molecule has 0 saturated carbocycles. The number of pyridine rings is 2. The molecule has 0 aliphatic rings. The third-order valence-corrected chi connectivity index (χ3v) is 13.6. The number of halogens is 1. The predicted molar refractivity (Wildman–Crippen MR) is 202 cm³/mol. The standard InChI is InChI=1S/C24H15FNS.C18H24GeN.Ir/c1-15-14-26-21(13-19(15)16-7-3-2-4-8-16)17-11-12-20(25)23-18-9-5-6-10-22(18)27-24(17)23;1-13(2)16-11-18(15-9-7-14(3)8-10-15)20-12-17(16)19(4,5)6;/h2-10,12-14H,1H3;7-9,11-13H,1-6H3;/q2*-1;/i1D3;13D;. The van der Waals surface area contributed by atoms with E-state index in [4.69, 9.17) is 5.48 Å². The molecule has 3 aromatic heterocycles. The fraction of sp³-hybridized carbons (Fsp3) is 0.190. The molecule has 0 amide bonds. The summed E-state index contributed by atoms with van der Waals surface area (Å²) in [4.78, 5) is 9.10. The third kappa shape index (κ3) is 7.55. The molecule has 48 heavy (non-hydrogen) atoms. The molecule has 7 rings (SSSR count). The van der Waals surface area contributed by atoms with Gasteiger partial charge >= 0.3 is 127 Å². The van der Waals surface area contributed by atoms with E-state index < -0.39 is 26.0 Å². The molecule has 2 nitrogen and oxygen atoms in total. The van der Waals surface area contributed by atoms with Crippen molar-refractivity contribution in [3.8, 4) is 33.6 Å². The van der Waals surface area contributed by atoms with Crippen LogP contribution in [0.15, 0.2) is 103 Å². The Kier molecular flexibility index (Phi) is 9.53. The Morgan fingerprint density at radius 3 is 2.29 bits per heavy atom. The molecule has 7 aromatic rings. The van der Waals surface area contributed by atoms with Crippen LogP contribution in [0.5, 0.6) is 0 Å². The van der Waals surface area contributed by atoms with Crippen molar-refractivity contribution < 1.29 is 30.0 Å². The third-order valence-electron chi connectivity index (χ3n) is 8.14. The van der Waals surface area contributed by atoms with Crippen LogP contribution in [-0.4, -0.2) is 23.2 Å². The second kappa shape index (κ2) is 15.0. The SMILES string of the molecule is [2H]C(C)(C)c1cc(-c2[c-]cc(C)cc2)nc[c]1[Ge]([CH3])([CH3])[CH3].[2H]C([2H])([2H])c1cnc(-c2[c-]cc(F)c3c2sc2ccccc23)cc1-c1ccccc1.[Ir]. The molecular formula is C42H39FGeIrN2S-2. The van der Waals surface area contributed by atoms with Gasteiger partial charge in [-0.2, -0.15) is 11.3 Å². The maximum atomic E-state index is 14.7. The van der Waals surface area contributed by atoms with Crippen LogP contribution in [0.1, 0.15) is 41.9 Å². The average molecular weight is 892 g/mol. The van der Waals surface area contributed by atoms with Gasteiger partial charge in [-0.05, 0) is 50.8 Å². The van der Waals surface area contributed by atoms with E-state index in [1.807, 2.05) is 80.7 Å². The van der Waals surface area contributed by atoms with Crippen LogP contribution >= 0.6 is 11.3 Å². The molecule has 0 saturated heterocycles. The van der Waals surface area contributed by atoms with Crippen molar-refractivity contribution in [2.24, 2.45) is 0 Å². The van der Waals surface area contributed by atoms with Gasteiger partial charge < -0.3 is 4.98 Å². The summed E-state index contributed by atoms with van der Waals surface area (Å²) in [7, 11) is 0. The maximum Gasteiger partial charge on any atom is 0.0470 e. The molecule has 4 aromatic carbocycles. The Hall–Kier alpha value is -3.48. The topological polar surface area (TPSA) is 25.8 Å². The zero-order valence-electron chi connectivity index (χ0n) is 31.8. The molecule has 0 unspecified atom stereocenters. The number of aromatic nitrogens is 2. The number of benzene rings is 4. The summed E-state index contributed by atoms with van der Waals surface area (Å²) in [6.07, 6.45) is 3.41. The smallest absolute Gasteiger partial charge is 0.0470 e. The van der Waals surface area contributed by atoms with Gasteiger partial charge in [-0.25, -0.2) is 0 Å². The van der Waals surface area contributed by atoms with Gasteiger partial charge in [0.05, 0.1) is 0 Å². The van der Waals surface area contributed by atoms with Gasteiger partial charge in [-0.15, -0.1) is 17.7 Å². The summed E-state index contributed by atoms with van der Waals surface area (Å²) >= 11 is -0.550. The van der Waals surface area contributed by atoms with Gasteiger partial charge in [0, 0.05) is 40.9 Å². The van der Waals surface area contributed by atoms with E-state index in [0.717, 1.165) is 37.2 Å². The first-order valence-electron chi connectivity index (χ1n) is 17.6. The van der Waals surface area contributed by atoms with Crippen LogP contribution in [0.4, 0.5) is 4.39 Å². The first-order valence-corrected chi connectivity index (χ1v) is 23.8. The second-order valence-electron chi connectivity index (χ2n) is 12.9. The summed E-state index contributed by atoms with van der Waals surface area (Å²) in [5, 5.41) is 1.40. The van der Waals surface area contributed by atoms with Gasteiger partial charge in [-0.1, -0.05) is 54.6 Å². The molecule has 0 aliphatic carbocycles. The van der Waals surface area contributed by atoms with Gasteiger partial charge in [-0.3, -0.25) is 4.39 Å². The zero-order valence-corrected chi connectivity index (χ0v) is 33.1. The van der Waals surface area contributed by atoms with E-state index in [-0.39, 0.29) is 31.5 Å². The van der Waals surface area contributed by atoms with Crippen LogP contribution in [0.2, 0.25) is 17.3 Å². The Morgan fingerprint density at radius 2 is 1.60 bits per heavy atom. The van der Waals surface area contributed by atoms with E-state index >= 15 is 0 Å². The van der Waals surface area contributed by atoms with Crippen molar-refractivity contribution in [2.75, 3.05) is 0 Å². The normalized spacial score (nSPS) is 13.1. The second-order valence-corrected chi connectivity index (χ2v) is 24.6. The van der Waals surface area contributed by atoms with Crippen LogP contribution in [0.25, 0.3) is 53.8 Å². The monoisotopic (exact) mass is 893 g/mol. The quantitative estimate of drug-likeness (QED) is 0.127. The molecule has 0 spiro atoms. The molecule has 0 atom stereocenters. The number of hydrogen-bond donors (Lipinski definition) is 0. The van der Waals surface area contributed by atoms with Gasteiger partial charge in [0.1, 0.15) is 0 Å². The summed E-state index contributed by atoms with van der Waals surface area (Å²) in [6.45, 7) is 3.68. The minimum Gasteiger partial charge on any atom is -0.304 e. The molecule has 1 radical (unpaired) electrons. The summed E-state index contributed by atoms with van der Waals surface area (Å²) in [5.41, 5.74) is 7.04. The number of fused-ring (bicyclic) bond motifs is 3. The van der Waals surface area contributed by atoms with Crippen LogP contribution < -0.4 is 4.40 Å². The van der Waals surface area contributed by atoms with E-state index in [1.165, 1.54) is 33.6 Å². The van der Waals surface area contributed by atoms with Crippen LogP contribution in [0.3, 0.4) is 0 Å². The first-order chi connectivity index (χ1) is 24.0. The Labute approximate surface area is 309 Å². The fourth-order valence-corrected chi connectivity index (χ4v) is 10.2. The van der Waals surface area contributed by atoms with Crippen molar-refractivity contribution in [1.82, 2.24) is 9.97 Å². The minimum atomic E-state index is -2.30. The Balaban J connectivity index is 0.000000210. The van der Waals surface area contributed by atoms with Crippen molar-refractivity contribution in [2.45, 2.75) is 50.8 Å². The molecule has 0 N–H and O–H groups in total. The molecular weight excluding hydrogens is 848 g/mol. The number of rotatable bonds is 5. The number of nitrogens with zero attached hydrogens (tertiary/aromatic N) is 2. The summed E-state index contributed by atoms with van der Waals surface area (Å²) < 4.78 is 50.0. The molecule has 0 bridgehead atoms. The molecule has 3 heterocycles. The molecule has 0 aliphatic heterocycles. The van der Waals surface area contributed by atoms with E-state index in [0.29, 0.717) is 22.2 Å². The maximum absolute atomic E-state index is 14.7. The minimum absolute atomic E-state index is 0. The van der Waals surface area contributed by atoms with Gasteiger partial charge in [0.25, 0.3) is 0 Å². The van der Waals surface area contributed by atoms with E-state index in [9.17, 15) is 4.39 Å². The molecule has 245 valence electrons. The predicted octanol–water partition coefficient (Wildman–Crippen LogP) is 11.6. The number of hydrogen-bond acceptors (Lipinski definition) is 3. The number of aryl methyl sites for hydroxylation is 2. The molecule has 0 fully saturated rings. The van der Waals surface area contributed by atoms with Gasteiger partial charge in [0.15, 0.2) is 0 Å². The van der Waals surface area contributed by atoms with Crippen molar-refractivity contribution >= 4 is 49.2 Å². The fourth-order valence-electron chi connectivity index (χ4n) is 5.65. The molecule has 6 heteroatoms. The van der Waals surface area contributed by atoms with E-state index in [2.05, 4.69) is 64.5 Å². The number of thiophene rings is 1. The Bertz CT molecular complexity index is 2350. The van der Waals surface area contributed by atoms with Crippen LogP contribution in [-0.2, 0) is 20.1 Å². The van der Waals surface area contributed by atoms with Crippen LogP contribution in [0, 0.1) is 31.7 Å². The Morgan fingerprint density at radius 1 is 0.875 bits per heavy atom. The first kappa shape index (κ1) is 30.6. The van der Waals surface area contributed by atoms with Crippen molar-refractivity contribution in [3.63, 3.8) is 0 Å². The summed E-state index contributed by atoms with van der Waals surface area (Å²) in [5.74, 6) is 6.13. The summed E-state index contributed by atoms with van der Waals surface area (Å²) in [6, 6.07) is 34.7. The van der Waals surface area contributed by atoms with Crippen molar-refractivity contribution in [1.29, 1.82) is 0 Å². The van der Waals surface area contributed by atoms with Crippen molar-refractivity contribution in [3.05, 3.63) is 138 Å². The van der Waals surface area contributed by atoms with Gasteiger partial charge in [0.2, 0.25) is 0 Å². The average Bonchev–Trinajstić information content (AvgIpc) is 3.48.